The zero-order valence-electron chi connectivity index (χ0n) is 21.3. The fourth-order valence-corrected chi connectivity index (χ4v) is 4.97. The van der Waals surface area contributed by atoms with Crippen molar-refractivity contribution >= 4 is 34.1 Å². The molecule has 2 amide bonds. The van der Waals surface area contributed by atoms with Gasteiger partial charge in [-0.05, 0) is 57.9 Å². The first-order chi connectivity index (χ1) is 16.6. The van der Waals surface area contributed by atoms with E-state index in [0.717, 1.165) is 23.5 Å². The summed E-state index contributed by atoms with van der Waals surface area (Å²) in [6, 6.07) is 4.06. The van der Waals surface area contributed by atoms with E-state index in [1.807, 2.05) is 4.72 Å². The second kappa shape index (κ2) is 11.8. The van der Waals surface area contributed by atoms with E-state index >= 15 is 0 Å². The van der Waals surface area contributed by atoms with Gasteiger partial charge < -0.3 is 19.1 Å². The number of amides is 2. The van der Waals surface area contributed by atoms with Crippen molar-refractivity contribution in [2.24, 2.45) is 5.92 Å². The summed E-state index contributed by atoms with van der Waals surface area (Å²) in [7, 11) is -3.44. The number of nitrogens with zero attached hydrogens (tertiary/aromatic N) is 2. The highest BCUT2D eigenvalue weighted by Crippen LogP contribution is 2.27. The minimum absolute atomic E-state index is 0.112. The van der Waals surface area contributed by atoms with E-state index in [9.17, 15) is 27.2 Å². The molecule has 2 rings (SSSR count). The molecule has 0 radical (unpaired) electrons. The Labute approximate surface area is 211 Å². The SMILES string of the molecule is COC(=O)[C@@H](OC(=O)NS(=O)(=O)N(c1ccc(F)cc1)C1CCN(C(=O)OC(C)(C)C)CC1)C(C)C. The number of ether oxygens (including phenoxy) is 3. The van der Waals surface area contributed by atoms with Gasteiger partial charge in [0, 0.05) is 19.0 Å². The predicted octanol–water partition coefficient (Wildman–Crippen LogP) is 3.20. The van der Waals surface area contributed by atoms with E-state index in [-0.39, 0.29) is 31.6 Å². The Morgan fingerprint density at radius 2 is 1.67 bits per heavy atom. The highest BCUT2D eigenvalue weighted by molar-refractivity contribution is 7.91. The van der Waals surface area contributed by atoms with Crippen LogP contribution in [0.1, 0.15) is 47.5 Å². The number of carbonyl (C=O) groups is 3. The minimum atomic E-state index is -4.56. The van der Waals surface area contributed by atoms with Crippen molar-refractivity contribution in [3.8, 4) is 0 Å². The van der Waals surface area contributed by atoms with Crippen molar-refractivity contribution in [3.63, 3.8) is 0 Å². The number of likely N-dealkylation sites (tertiary alicyclic amines) is 1. The zero-order chi connectivity index (χ0) is 27.3. The van der Waals surface area contributed by atoms with E-state index in [0.29, 0.717) is 0 Å². The lowest BCUT2D eigenvalue weighted by Gasteiger charge is -2.39. The van der Waals surface area contributed by atoms with Gasteiger partial charge in [-0.3, -0.25) is 4.31 Å². The molecule has 1 aliphatic rings. The number of rotatable bonds is 7. The van der Waals surface area contributed by atoms with Crippen molar-refractivity contribution in [1.82, 2.24) is 9.62 Å². The quantitative estimate of drug-likeness (QED) is 0.419. The van der Waals surface area contributed by atoms with E-state index in [2.05, 4.69) is 4.74 Å². The predicted molar refractivity (Wildman–Crippen MR) is 129 cm³/mol. The topological polar surface area (TPSA) is 132 Å². The summed E-state index contributed by atoms with van der Waals surface area (Å²) >= 11 is 0. The number of hydrogen-bond acceptors (Lipinski definition) is 8. The number of benzene rings is 1. The molecule has 1 aliphatic heterocycles. The summed E-state index contributed by atoms with van der Waals surface area (Å²) < 4.78 is 58.0. The third-order valence-electron chi connectivity index (χ3n) is 5.27. The third-order valence-corrected chi connectivity index (χ3v) is 6.72. The molecule has 11 nitrogen and oxygen atoms in total. The number of halogens is 1. The second-order valence-electron chi connectivity index (χ2n) is 9.67. The number of nitrogens with one attached hydrogen (secondary N) is 1. The Hall–Kier alpha value is -3.09. The minimum Gasteiger partial charge on any atom is -0.466 e. The second-order valence-corrected chi connectivity index (χ2v) is 11.2. The Bertz CT molecular complexity index is 1030. The summed E-state index contributed by atoms with van der Waals surface area (Å²) in [5.74, 6) is -1.88. The normalized spacial score (nSPS) is 15.7. The Balaban J connectivity index is 2.24. The molecule has 0 bridgehead atoms. The summed E-state index contributed by atoms with van der Waals surface area (Å²) in [5, 5.41) is 0. The molecule has 1 atom stereocenters. The highest BCUT2D eigenvalue weighted by atomic mass is 32.2. The zero-order valence-corrected chi connectivity index (χ0v) is 22.1. The van der Waals surface area contributed by atoms with Crippen LogP contribution in [-0.2, 0) is 29.2 Å². The summed E-state index contributed by atoms with van der Waals surface area (Å²) in [5.41, 5.74) is -0.569. The first kappa shape index (κ1) is 29.1. The molecule has 0 aliphatic carbocycles. The maximum absolute atomic E-state index is 13.5. The molecule has 1 aromatic carbocycles. The third kappa shape index (κ3) is 7.97. The van der Waals surface area contributed by atoms with Gasteiger partial charge in [-0.2, -0.15) is 8.42 Å². The van der Waals surface area contributed by atoms with Gasteiger partial charge in [0.05, 0.1) is 18.8 Å². The van der Waals surface area contributed by atoms with Gasteiger partial charge in [0.2, 0.25) is 6.10 Å². The molecule has 0 spiro atoms. The van der Waals surface area contributed by atoms with Gasteiger partial charge in [-0.1, -0.05) is 13.8 Å². The van der Waals surface area contributed by atoms with Crippen molar-refractivity contribution in [1.29, 1.82) is 0 Å². The molecule has 0 unspecified atom stereocenters. The molecular weight excluding hydrogens is 497 g/mol. The van der Waals surface area contributed by atoms with Gasteiger partial charge in [0.25, 0.3) is 0 Å². The maximum Gasteiger partial charge on any atom is 0.423 e. The van der Waals surface area contributed by atoms with E-state index < -0.39 is 57.8 Å². The molecule has 1 aromatic rings. The first-order valence-electron chi connectivity index (χ1n) is 11.5. The number of piperidine rings is 1. The smallest absolute Gasteiger partial charge is 0.423 e. The van der Waals surface area contributed by atoms with Crippen molar-refractivity contribution in [2.45, 2.75) is 65.2 Å². The van der Waals surface area contributed by atoms with E-state index in [4.69, 9.17) is 9.47 Å². The maximum atomic E-state index is 13.5. The monoisotopic (exact) mass is 531 g/mol. The number of esters is 1. The van der Waals surface area contributed by atoms with Gasteiger partial charge in [-0.25, -0.2) is 23.5 Å². The molecule has 36 heavy (non-hydrogen) atoms. The molecule has 0 saturated carbocycles. The number of anilines is 1. The Kier molecular flexibility index (Phi) is 9.52. The highest BCUT2D eigenvalue weighted by Gasteiger charge is 2.37. The van der Waals surface area contributed by atoms with Crippen LogP contribution in [-0.4, -0.2) is 69.4 Å². The lowest BCUT2D eigenvalue weighted by atomic mass is 10.0. The van der Waals surface area contributed by atoms with Crippen LogP contribution in [0.3, 0.4) is 0 Å². The fourth-order valence-electron chi connectivity index (χ4n) is 3.61. The summed E-state index contributed by atoms with van der Waals surface area (Å²) in [6.07, 6.45) is -2.74. The van der Waals surface area contributed by atoms with Crippen LogP contribution in [0.15, 0.2) is 24.3 Å². The van der Waals surface area contributed by atoms with Gasteiger partial charge in [-0.15, -0.1) is 0 Å². The van der Waals surface area contributed by atoms with E-state index in [1.165, 1.54) is 17.0 Å². The van der Waals surface area contributed by atoms with Crippen molar-refractivity contribution < 1.29 is 41.4 Å². The average Bonchev–Trinajstić information content (AvgIpc) is 2.77. The lowest BCUT2D eigenvalue weighted by Crippen LogP contribution is -2.54. The van der Waals surface area contributed by atoms with Crippen LogP contribution >= 0.6 is 0 Å². The Morgan fingerprint density at radius 3 is 2.14 bits per heavy atom. The fraction of sp³-hybridized carbons (Fsp3) is 0.609. The summed E-state index contributed by atoms with van der Waals surface area (Å²) in [6.45, 7) is 8.85. The molecule has 202 valence electrons. The first-order valence-corrected chi connectivity index (χ1v) is 12.9. The largest absolute Gasteiger partial charge is 0.466 e. The summed E-state index contributed by atoms with van der Waals surface area (Å²) in [4.78, 5) is 38.2. The van der Waals surface area contributed by atoms with Gasteiger partial charge in [0.15, 0.2) is 0 Å². The Morgan fingerprint density at radius 1 is 1.11 bits per heavy atom. The van der Waals surface area contributed by atoms with Crippen LogP contribution in [0.25, 0.3) is 0 Å². The lowest BCUT2D eigenvalue weighted by molar-refractivity contribution is -0.152. The average molecular weight is 532 g/mol. The van der Waals surface area contributed by atoms with Gasteiger partial charge in [0.1, 0.15) is 11.4 Å². The number of methoxy groups -OCH3 is 1. The molecule has 1 saturated heterocycles. The van der Waals surface area contributed by atoms with Crippen LogP contribution in [0.5, 0.6) is 0 Å². The van der Waals surface area contributed by atoms with Gasteiger partial charge >= 0.3 is 28.4 Å². The molecule has 1 heterocycles. The molecule has 1 fully saturated rings. The molecular formula is C23H34FN3O8S. The molecule has 1 N–H and O–H groups in total. The van der Waals surface area contributed by atoms with Crippen molar-refractivity contribution in [3.05, 3.63) is 30.1 Å². The molecule has 0 aromatic heterocycles. The van der Waals surface area contributed by atoms with Crippen LogP contribution < -0.4 is 9.03 Å². The van der Waals surface area contributed by atoms with E-state index in [1.54, 1.807) is 34.6 Å². The van der Waals surface area contributed by atoms with Crippen molar-refractivity contribution in [2.75, 3.05) is 24.5 Å². The standard InChI is InChI=1S/C23H34FN3O8S/c1-15(2)19(20(28)33-6)34-21(29)25-36(31,32)27(17-9-7-16(24)8-10-17)18-11-13-26(14-12-18)22(30)35-23(3,4)5/h7-10,15,18-19H,11-14H2,1-6H3,(H,25,29)/t19-/m0/s1. The van der Waals surface area contributed by atoms with Crippen LogP contribution in [0.4, 0.5) is 19.7 Å². The molecule has 13 heteroatoms. The number of hydrogen-bond donors (Lipinski definition) is 1. The number of carbonyl (C=O) groups excluding carboxylic acids is 3. The van der Waals surface area contributed by atoms with Crippen LogP contribution in [0, 0.1) is 11.7 Å². The van der Waals surface area contributed by atoms with Crippen LogP contribution in [0.2, 0.25) is 0 Å².